The lowest BCUT2D eigenvalue weighted by molar-refractivity contribution is 0.133. The van der Waals surface area contributed by atoms with Gasteiger partial charge in [-0.2, -0.15) is 0 Å². The van der Waals surface area contributed by atoms with E-state index in [2.05, 4.69) is 53.3 Å². The monoisotopic (exact) mass is 260 g/mol. The fraction of sp³-hybridized carbons (Fsp3) is 0.500. The summed E-state index contributed by atoms with van der Waals surface area (Å²) in [5.41, 5.74) is 1.31. The van der Waals surface area contributed by atoms with Gasteiger partial charge in [-0.3, -0.25) is 0 Å². The van der Waals surface area contributed by atoms with Gasteiger partial charge in [-0.1, -0.05) is 31.5 Å². The summed E-state index contributed by atoms with van der Waals surface area (Å²) in [6.45, 7) is 6.80. The highest BCUT2D eigenvalue weighted by atomic mass is 16.5. The average Bonchev–Trinajstić information content (AvgIpc) is 2.85. The van der Waals surface area contributed by atoms with Gasteiger partial charge in [0.05, 0.1) is 6.61 Å². The van der Waals surface area contributed by atoms with Crippen molar-refractivity contribution in [3.05, 3.63) is 36.5 Å². The molecule has 104 valence electrons. The molecule has 0 saturated carbocycles. The molecule has 0 fully saturated rings. The van der Waals surface area contributed by atoms with Crippen molar-refractivity contribution < 1.29 is 4.74 Å². The summed E-state index contributed by atoms with van der Waals surface area (Å²) in [5.74, 6) is 0. The largest absolute Gasteiger partial charge is 0.380 e. The van der Waals surface area contributed by atoms with Gasteiger partial charge in [0, 0.05) is 38.0 Å². The lowest BCUT2D eigenvalue weighted by atomic mass is 10.2. The van der Waals surface area contributed by atoms with Crippen molar-refractivity contribution in [1.29, 1.82) is 0 Å². The van der Waals surface area contributed by atoms with Gasteiger partial charge in [0.2, 0.25) is 0 Å². The van der Waals surface area contributed by atoms with Crippen LogP contribution in [-0.4, -0.2) is 30.9 Å². The van der Waals surface area contributed by atoms with Crippen molar-refractivity contribution in [3.63, 3.8) is 0 Å². The van der Waals surface area contributed by atoms with Crippen molar-refractivity contribution in [2.75, 3.05) is 26.3 Å². The third kappa shape index (κ3) is 4.37. The van der Waals surface area contributed by atoms with Gasteiger partial charge in [0.1, 0.15) is 0 Å². The summed E-state index contributed by atoms with van der Waals surface area (Å²) in [4.78, 5) is 0. The van der Waals surface area contributed by atoms with Gasteiger partial charge in [-0.15, -0.1) is 0 Å². The zero-order valence-electron chi connectivity index (χ0n) is 11.8. The molecule has 0 unspecified atom stereocenters. The lowest BCUT2D eigenvalue weighted by Gasteiger charge is -2.08. The summed E-state index contributed by atoms with van der Waals surface area (Å²) < 4.78 is 7.80. The molecule has 0 aliphatic rings. The molecule has 1 N–H and O–H groups in total. The fourth-order valence-corrected chi connectivity index (χ4v) is 2.15. The third-order valence-electron chi connectivity index (χ3n) is 3.28. The van der Waals surface area contributed by atoms with Crippen LogP contribution in [0.3, 0.4) is 0 Å². The van der Waals surface area contributed by atoms with Gasteiger partial charge < -0.3 is 14.6 Å². The SMILES string of the molecule is CCCCOCCNCCn1ccc2ccccc21. The predicted molar refractivity (Wildman–Crippen MR) is 80.5 cm³/mol. The van der Waals surface area contributed by atoms with Crippen LogP contribution in [0.15, 0.2) is 36.5 Å². The van der Waals surface area contributed by atoms with E-state index in [1.807, 2.05) is 0 Å². The highest BCUT2D eigenvalue weighted by molar-refractivity contribution is 5.79. The fourth-order valence-electron chi connectivity index (χ4n) is 2.15. The highest BCUT2D eigenvalue weighted by Crippen LogP contribution is 2.14. The van der Waals surface area contributed by atoms with E-state index in [1.54, 1.807) is 0 Å². The number of benzene rings is 1. The molecule has 0 radical (unpaired) electrons. The number of rotatable bonds is 9. The standard InChI is InChI=1S/C16H24N2O/c1-2-3-13-19-14-10-17-9-12-18-11-8-15-6-4-5-7-16(15)18/h4-8,11,17H,2-3,9-10,12-14H2,1H3. The van der Waals surface area contributed by atoms with E-state index in [0.29, 0.717) is 0 Å². The summed E-state index contributed by atoms with van der Waals surface area (Å²) >= 11 is 0. The normalized spacial score (nSPS) is 11.2. The van der Waals surface area contributed by atoms with Gasteiger partial charge in [0.15, 0.2) is 0 Å². The van der Waals surface area contributed by atoms with Crippen molar-refractivity contribution in [2.45, 2.75) is 26.3 Å². The first-order chi connectivity index (χ1) is 9.42. The van der Waals surface area contributed by atoms with Crippen LogP contribution in [0, 0.1) is 0 Å². The minimum atomic E-state index is 0.812. The molecule has 1 aromatic carbocycles. The molecule has 3 heteroatoms. The number of hydrogen-bond donors (Lipinski definition) is 1. The van der Waals surface area contributed by atoms with E-state index in [-0.39, 0.29) is 0 Å². The van der Waals surface area contributed by atoms with Crippen molar-refractivity contribution in [3.8, 4) is 0 Å². The van der Waals surface area contributed by atoms with Gasteiger partial charge in [-0.25, -0.2) is 0 Å². The first kappa shape index (κ1) is 14.1. The van der Waals surface area contributed by atoms with Crippen LogP contribution in [0.1, 0.15) is 19.8 Å². The third-order valence-corrected chi connectivity index (χ3v) is 3.28. The molecule has 0 amide bonds. The molecular weight excluding hydrogens is 236 g/mol. The van der Waals surface area contributed by atoms with Crippen LogP contribution in [0.25, 0.3) is 10.9 Å². The van der Waals surface area contributed by atoms with Crippen LogP contribution in [0.5, 0.6) is 0 Å². The molecule has 1 heterocycles. The first-order valence-electron chi connectivity index (χ1n) is 7.24. The minimum Gasteiger partial charge on any atom is -0.380 e. The van der Waals surface area contributed by atoms with Crippen LogP contribution >= 0.6 is 0 Å². The number of fused-ring (bicyclic) bond motifs is 1. The Bertz CT molecular complexity index is 478. The number of hydrogen-bond acceptors (Lipinski definition) is 2. The zero-order chi connectivity index (χ0) is 13.3. The molecule has 2 rings (SSSR count). The maximum Gasteiger partial charge on any atom is 0.0590 e. The summed E-state index contributed by atoms with van der Waals surface area (Å²) in [7, 11) is 0. The second-order valence-corrected chi connectivity index (χ2v) is 4.78. The first-order valence-corrected chi connectivity index (χ1v) is 7.24. The average molecular weight is 260 g/mol. The molecule has 0 atom stereocenters. The zero-order valence-corrected chi connectivity index (χ0v) is 11.8. The van der Waals surface area contributed by atoms with Gasteiger partial charge >= 0.3 is 0 Å². The second-order valence-electron chi connectivity index (χ2n) is 4.78. The summed E-state index contributed by atoms with van der Waals surface area (Å²) in [6, 6.07) is 10.7. The van der Waals surface area contributed by atoms with Crippen LogP contribution in [-0.2, 0) is 11.3 Å². The van der Waals surface area contributed by atoms with E-state index in [4.69, 9.17) is 4.74 Å². The Kier molecular flexibility index (Phi) is 5.92. The predicted octanol–water partition coefficient (Wildman–Crippen LogP) is 3.05. The van der Waals surface area contributed by atoms with E-state index in [1.165, 1.54) is 17.3 Å². The molecule has 2 aromatic rings. The van der Waals surface area contributed by atoms with Crippen molar-refractivity contribution >= 4 is 10.9 Å². The number of nitrogens with one attached hydrogen (secondary N) is 1. The molecular formula is C16H24N2O. The number of aromatic nitrogens is 1. The molecule has 3 nitrogen and oxygen atoms in total. The second kappa shape index (κ2) is 7.97. The van der Waals surface area contributed by atoms with Gasteiger partial charge in [0.25, 0.3) is 0 Å². The number of ether oxygens (including phenoxy) is 1. The molecule has 0 bridgehead atoms. The topological polar surface area (TPSA) is 26.2 Å². The van der Waals surface area contributed by atoms with Crippen LogP contribution in [0.2, 0.25) is 0 Å². The van der Waals surface area contributed by atoms with Crippen molar-refractivity contribution in [1.82, 2.24) is 9.88 Å². The Morgan fingerprint density at radius 2 is 2.00 bits per heavy atom. The summed E-state index contributed by atoms with van der Waals surface area (Å²) in [6.07, 6.45) is 4.52. The quantitative estimate of drug-likeness (QED) is 0.701. The minimum absolute atomic E-state index is 0.812. The smallest absolute Gasteiger partial charge is 0.0590 e. The van der Waals surface area contributed by atoms with Crippen LogP contribution in [0.4, 0.5) is 0 Å². The van der Waals surface area contributed by atoms with Gasteiger partial charge in [-0.05, 0) is 23.9 Å². The molecule has 19 heavy (non-hydrogen) atoms. The Labute approximate surface area is 115 Å². The molecule has 1 aromatic heterocycles. The lowest BCUT2D eigenvalue weighted by Crippen LogP contribution is -2.24. The number of para-hydroxylation sites is 1. The Morgan fingerprint density at radius 3 is 2.89 bits per heavy atom. The Balaban J connectivity index is 1.63. The van der Waals surface area contributed by atoms with Crippen molar-refractivity contribution in [2.24, 2.45) is 0 Å². The summed E-state index contributed by atoms with van der Waals surface area (Å²) in [5, 5.41) is 4.73. The maximum absolute atomic E-state index is 5.51. The number of nitrogens with zero attached hydrogens (tertiary/aromatic N) is 1. The highest BCUT2D eigenvalue weighted by Gasteiger charge is 1.98. The molecule has 0 spiro atoms. The van der Waals surface area contributed by atoms with Crippen LogP contribution < -0.4 is 5.32 Å². The molecule has 0 aliphatic heterocycles. The molecule has 0 saturated heterocycles. The Hall–Kier alpha value is -1.32. The van der Waals surface area contributed by atoms with E-state index in [9.17, 15) is 0 Å². The van der Waals surface area contributed by atoms with E-state index >= 15 is 0 Å². The number of unbranched alkanes of at least 4 members (excludes halogenated alkanes) is 1. The Morgan fingerprint density at radius 1 is 1.11 bits per heavy atom. The van der Waals surface area contributed by atoms with E-state index < -0.39 is 0 Å². The van der Waals surface area contributed by atoms with E-state index in [0.717, 1.165) is 39.3 Å². The maximum atomic E-state index is 5.51. The molecule has 0 aliphatic carbocycles.